The molecule has 2 aromatic rings. The van der Waals surface area contributed by atoms with Crippen molar-refractivity contribution in [1.29, 1.82) is 0 Å². The van der Waals surface area contributed by atoms with Crippen LogP contribution in [-0.4, -0.2) is 66.8 Å². The lowest BCUT2D eigenvalue weighted by molar-refractivity contribution is -0.132. The van der Waals surface area contributed by atoms with Crippen LogP contribution in [-0.2, 0) is 4.79 Å². The average molecular weight is 479 g/mol. The Kier molecular flexibility index (Phi) is 6.70. The topological polar surface area (TPSA) is 73.0 Å². The minimum absolute atomic E-state index is 0.0333. The molecule has 7 nitrogen and oxygen atoms in total. The zero-order valence-corrected chi connectivity index (χ0v) is 19.8. The van der Waals surface area contributed by atoms with Gasteiger partial charge in [-0.2, -0.15) is 0 Å². The van der Waals surface area contributed by atoms with E-state index < -0.39 is 5.82 Å². The van der Waals surface area contributed by atoms with E-state index >= 15 is 0 Å². The fourth-order valence-corrected chi connectivity index (χ4v) is 4.89. The van der Waals surface area contributed by atoms with Crippen LogP contribution in [0, 0.1) is 11.7 Å². The lowest BCUT2D eigenvalue weighted by Crippen LogP contribution is -2.49. The highest BCUT2D eigenvalue weighted by Crippen LogP contribution is 2.32. The van der Waals surface area contributed by atoms with Crippen molar-refractivity contribution in [3.05, 3.63) is 59.4 Å². The standard InChI is InChI=1S/C27H31FN4O3/c28-21-8-6-19(7-9-21)25(33)29-22-10-11-24(23(18-22)27(35)31-12-2-1-3-13-31)30-14-16-32(17-15-30)26(34)20-4-5-20/h6-11,18,20H,1-5,12-17H2,(H,29,33). The number of rotatable bonds is 5. The van der Waals surface area contributed by atoms with Crippen molar-refractivity contribution in [1.82, 2.24) is 9.80 Å². The number of halogens is 1. The van der Waals surface area contributed by atoms with Crippen molar-refractivity contribution in [3.63, 3.8) is 0 Å². The summed E-state index contributed by atoms with van der Waals surface area (Å²) >= 11 is 0. The molecule has 0 radical (unpaired) electrons. The van der Waals surface area contributed by atoms with E-state index in [0.29, 0.717) is 43.0 Å². The summed E-state index contributed by atoms with van der Waals surface area (Å²) in [6.45, 7) is 4.09. The molecule has 1 saturated carbocycles. The maximum Gasteiger partial charge on any atom is 0.256 e. The van der Waals surface area contributed by atoms with Crippen molar-refractivity contribution in [3.8, 4) is 0 Å². The number of benzene rings is 2. The zero-order valence-electron chi connectivity index (χ0n) is 19.8. The smallest absolute Gasteiger partial charge is 0.256 e. The fraction of sp³-hybridized carbons (Fsp3) is 0.444. The number of anilines is 2. The summed E-state index contributed by atoms with van der Waals surface area (Å²) in [6, 6.07) is 10.8. The zero-order chi connectivity index (χ0) is 24.4. The summed E-state index contributed by atoms with van der Waals surface area (Å²) < 4.78 is 13.2. The second-order valence-corrected chi connectivity index (χ2v) is 9.63. The molecular weight excluding hydrogens is 447 g/mol. The molecular formula is C27H31FN4O3. The normalized spacial score (nSPS) is 18.4. The van der Waals surface area contributed by atoms with Gasteiger partial charge in [0.2, 0.25) is 5.91 Å². The molecule has 2 heterocycles. The highest BCUT2D eigenvalue weighted by molar-refractivity contribution is 6.06. The summed E-state index contributed by atoms with van der Waals surface area (Å²) in [5.74, 6) is -0.329. The number of piperazine rings is 1. The van der Waals surface area contributed by atoms with Crippen LogP contribution in [0.25, 0.3) is 0 Å². The first kappa shape index (κ1) is 23.3. The maximum atomic E-state index is 13.6. The summed E-state index contributed by atoms with van der Waals surface area (Å²) in [5, 5.41) is 2.84. The Morgan fingerprint density at radius 2 is 1.49 bits per heavy atom. The van der Waals surface area contributed by atoms with Gasteiger partial charge in [0.1, 0.15) is 5.82 Å². The number of likely N-dealkylation sites (tertiary alicyclic amines) is 1. The molecule has 2 saturated heterocycles. The third kappa shape index (κ3) is 5.31. The quantitative estimate of drug-likeness (QED) is 0.710. The van der Waals surface area contributed by atoms with E-state index in [1.54, 1.807) is 12.1 Å². The van der Waals surface area contributed by atoms with Crippen LogP contribution in [0.4, 0.5) is 15.8 Å². The van der Waals surface area contributed by atoms with Gasteiger partial charge in [0.25, 0.3) is 11.8 Å². The number of amides is 3. The van der Waals surface area contributed by atoms with Gasteiger partial charge in [-0.3, -0.25) is 14.4 Å². The Hall–Kier alpha value is -3.42. The molecule has 1 aliphatic carbocycles. The van der Waals surface area contributed by atoms with Crippen LogP contribution in [0.3, 0.4) is 0 Å². The molecule has 5 rings (SSSR count). The molecule has 3 aliphatic rings. The van der Waals surface area contributed by atoms with Crippen molar-refractivity contribution >= 4 is 29.1 Å². The van der Waals surface area contributed by atoms with Gasteiger partial charge in [0.15, 0.2) is 0 Å². The molecule has 0 aromatic heterocycles. The van der Waals surface area contributed by atoms with E-state index in [1.807, 2.05) is 15.9 Å². The molecule has 0 bridgehead atoms. The maximum absolute atomic E-state index is 13.6. The highest BCUT2D eigenvalue weighted by Gasteiger charge is 2.35. The number of carbonyl (C=O) groups excluding carboxylic acids is 3. The first-order chi connectivity index (χ1) is 17.0. The van der Waals surface area contributed by atoms with Crippen molar-refractivity contribution in [2.45, 2.75) is 32.1 Å². The first-order valence-electron chi connectivity index (χ1n) is 12.5. The Morgan fingerprint density at radius 1 is 0.800 bits per heavy atom. The summed E-state index contributed by atoms with van der Waals surface area (Å²) in [6.07, 6.45) is 5.10. The van der Waals surface area contributed by atoms with E-state index in [-0.39, 0.29) is 23.6 Å². The minimum atomic E-state index is -0.403. The van der Waals surface area contributed by atoms with Gasteiger partial charge >= 0.3 is 0 Å². The Bertz CT molecular complexity index is 1100. The molecule has 3 amide bonds. The number of carbonyl (C=O) groups is 3. The molecule has 184 valence electrons. The Balaban J connectivity index is 1.36. The number of hydrogen-bond acceptors (Lipinski definition) is 4. The molecule has 3 fully saturated rings. The van der Waals surface area contributed by atoms with Crippen molar-refractivity contribution < 1.29 is 18.8 Å². The van der Waals surface area contributed by atoms with E-state index in [2.05, 4.69) is 10.2 Å². The molecule has 35 heavy (non-hydrogen) atoms. The van der Waals surface area contributed by atoms with Gasteiger partial charge in [0, 0.05) is 62.1 Å². The third-order valence-corrected chi connectivity index (χ3v) is 7.09. The Labute approximate surface area is 204 Å². The molecule has 8 heteroatoms. The van der Waals surface area contributed by atoms with Gasteiger partial charge < -0.3 is 20.0 Å². The second kappa shape index (κ2) is 10.1. The number of nitrogens with one attached hydrogen (secondary N) is 1. The van der Waals surface area contributed by atoms with Crippen LogP contribution < -0.4 is 10.2 Å². The molecule has 0 unspecified atom stereocenters. The second-order valence-electron chi connectivity index (χ2n) is 9.63. The van der Waals surface area contributed by atoms with E-state index in [0.717, 1.165) is 50.9 Å². The van der Waals surface area contributed by atoms with Crippen LogP contribution in [0.15, 0.2) is 42.5 Å². The van der Waals surface area contributed by atoms with Gasteiger partial charge in [-0.05, 0) is 74.6 Å². The summed E-state index contributed by atoms with van der Waals surface area (Å²) in [7, 11) is 0. The summed E-state index contributed by atoms with van der Waals surface area (Å²) in [5.41, 5.74) is 2.26. The molecule has 0 spiro atoms. The molecule has 1 N–H and O–H groups in total. The average Bonchev–Trinajstić information content (AvgIpc) is 3.74. The lowest BCUT2D eigenvalue weighted by Gasteiger charge is -2.37. The predicted octanol–water partition coefficient (Wildman–Crippen LogP) is 3.76. The van der Waals surface area contributed by atoms with Gasteiger partial charge in [-0.25, -0.2) is 4.39 Å². The monoisotopic (exact) mass is 478 g/mol. The molecule has 2 aliphatic heterocycles. The SMILES string of the molecule is O=C(Nc1ccc(N2CCN(C(=O)C3CC3)CC2)c(C(=O)N2CCCCC2)c1)c1ccc(F)cc1. The first-order valence-corrected chi connectivity index (χ1v) is 12.5. The lowest BCUT2D eigenvalue weighted by atomic mass is 10.0. The van der Waals surface area contributed by atoms with E-state index in [1.165, 1.54) is 24.3 Å². The van der Waals surface area contributed by atoms with Crippen molar-refractivity contribution in [2.24, 2.45) is 5.92 Å². The predicted molar refractivity (Wildman–Crippen MR) is 132 cm³/mol. The molecule has 0 atom stereocenters. The highest BCUT2D eigenvalue weighted by atomic mass is 19.1. The van der Waals surface area contributed by atoms with Gasteiger partial charge in [-0.15, -0.1) is 0 Å². The van der Waals surface area contributed by atoms with E-state index in [9.17, 15) is 18.8 Å². The van der Waals surface area contributed by atoms with Crippen molar-refractivity contribution in [2.75, 3.05) is 49.5 Å². The number of nitrogens with zero attached hydrogens (tertiary/aromatic N) is 3. The van der Waals surface area contributed by atoms with Crippen LogP contribution in [0.1, 0.15) is 52.8 Å². The van der Waals surface area contributed by atoms with Crippen LogP contribution in [0.2, 0.25) is 0 Å². The minimum Gasteiger partial charge on any atom is -0.367 e. The summed E-state index contributed by atoms with van der Waals surface area (Å²) in [4.78, 5) is 44.7. The number of piperidine rings is 1. The largest absolute Gasteiger partial charge is 0.367 e. The fourth-order valence-electron chi connectivity index (χ4n) is 4.89. The van der Waals surface area contributed by atoms with Crippen LogP contribution >= 0.6 is 0 Å². The van der Waals surface area contributed by atoms with Gasteiger partial charge in [-0.1, -0.05) is 0 Å². The van der Waals surface area contributed by atoms with Crippen LogP contribution in [0.5, 0.6) is 0 Å². The Morgan fingerprint density at radius 3 is 2.14 bits per heavy atom. The number of hydrogen-bond donors (Lipinski definition) is 1. The third-order valence-electron chi connectivity index (χ3n) is 7.09. The molecule has 2 aromatic carbocycles. The van der Waals surface area contributed by atoms with Gasteiger partial charge in [0.05, 0.1) is 5.56 Å². The van der Waals surface area contributed by atoms with E-state index in [4.69, 9.17) is 0 Å².